The summed E-state index contributed by atoms with van der Waals surface area (Å²) in [7, 11) is -4.23. The highest BCUT2D eigenvalue weighted by molar-refractivity contribution is 7.89. The number of hydrogen-bond acceptors (Lipinski definition) is 5. The van der Waals surface area contributed by atoms with Crippen molar-refractivity contribution in [2.75, 3.05) is 0 Å². The minimum absolute atomic E-state index is 0.333. The fraction of sp³-hybridized carbons (Fsp3) is 0.417. The van der Waals surface area contributed by atoms with Gasteiger partial charge in [-0.05, 0) is 12.0 Å². The number of nitro benzene ring substituents is 1. The summed E-state index contributed by atoms with van der Waals surface area (Å²) in [5.41, 5.74) is 4.64. The normalized spacial score (nSPS) is 14.4. The molecule has 0 saturated heterocycles. The summed E-state index contributed by atoms with van der Waals surface area (Å²) >= 11 is 0. The molecule has 1 aromatic carbocycles. The minimum atomic E-state index is -4.23. The van der Waals surface area contributed by atoms with Crippen LogP contribution in [0.1, 0.15) is 20.3 Å². The summed E-state index contributed by atoms with van der Waals surface area (Å²) in [4.78, 5) is 21.0. The van der Waals surface area contributed by atoms with Crippen LogP contribution in [0.25, 0.3) is 0 Å². The largest absolute Gasteiger partial charge is 0.368 e. The fourth-order valence-electron chi connectivity index (χ4n) is 1.76. The standard InChI is InChI=1S/C12H17N3O5S/c1-3-8(2)11(12(13)16)14-21(19,20)10-7-5-4-6-9(10)15(17)18/h4-8,11,14H,3H2,1-2H3,(H2,13,16). The quantitative estimate of drug-likeness (QED) is 0.566. The van der Waals surface area contributed by atoms with Crippen LogP contribution in [-0.4, -0.2) is 25.3 Å². The van der Waals surface area contributed by atoms with Gasteiger partial charge in [0, 0.05) is 6.07 Å². The average molecular weight is 315 g/mol. The second-order valence-electron chi connectivity index (χ2n) is 4.61. The van der Waals surface area contributed by atoms with E-state index in [1.54, 1.807) is 13.8 Å². The van der Waals surface area contributed by atoms with E-state index in [1.165, 1.54) is 12.1 Å². The maximum absolute atomic E-state index is 12.3. The Morgan fingerprint density at radius 2 is 2.00 bits per heavy atom. The minimum Gasteiger partial charge on any atom is -0.368 e. The number of benzene rings is 1. The molecule has 1 amide bonds. The lowest BCUT2D eigenvalue weighted by Gasteiger charge is -2.20. The number of nitrogens with zero attached hydrogens (tertiary/aromatic N) is 1. The zero-order valence-electron chi connectivity index (χ0n) is 11.6. The van der Waals surface area contributed by atoms with Crippen LogP contribution in [0.15, 0.2) is 29.2 Å². The molecule has 2 unspecified atom stereocenters. The number of para-hydroxylation sites is 1. The number of carbonyl (C=O) groups is 1. The van der Waals surface area contributed by atoms with Crippen molar-refractivity contribution in [2.24, 2.45) is 11.7 Å². The highest BCUT2D eigenvalue weighted by Gasteiger charge is 2.31. The van der Waals surface area contributed by atoms with Crippen molar-refractivity contribution in [3.8, 4) is 0 Å². The number of nitro groups is 1. The number of nitrogens with two attached hydrogens (primary N) is 1. The number of rotatable bonds is 7. The van der Waals surface area contributed by atoms with Crippen LogP contribution in [0.5, 0.6) is 0 Å². The van der Waals surface area contributed by atoms with Gasteiger partial charge in [-0.3, -0.25) is 14.9 Å². The van der Waals surface area contributed by atoms with Crippen LogP contribution >= 0.6 is 0 Å². The molecule has 0 aliphatic heterocycles. The molecular weight excluding hydrogens is 298 g/mol. The second kappa shape index (κ2) is 6.64. The van der Waals surface area contributed by atoms with E-state index in [0.29, 0.717) is 6.42 Å². The maximum Gasteiger partial charge on any atom is 0.289 e. The monoisotopic (exact) mass is 315 g/mol. The molecule has 0 aliphatic rings. The molecule has 0 aliphatic carbocycles. The first kappa shape index (κ1) is 17.1. The molecule has 0 spiro atoms. The van der Waals surface area contributed by atoms with Gasteiger partial charge in [0.25, 0.3) is 5.69 Å². The molecule has 0 fully saturated rings. The molecular formula is C12H17N3O5S. The summed E-state index contributed by atoms with van der Waals surface area (Å²) in [6, 6.07) is 3.79. The summed E-state index contributed by atoms with van der Waals surface area (Å²) in [5, 5.41) is 10.9. The van der Waals surface area contributed by atoms with Gasteiger partial charge in [0.05, 0.1) is 4.92 Å². The number of primary amides is 1. The summed E-state index contributed by atoms with van der Waals surface area (Å²) in [5.74, 6) is -1.16. The number of sulfonamides is 1. The maximum atomic E-state index is 12.3. The van der Waals surface area contributed by atoms with Gasteiger partial charge >= 0.3 is 0 Å². The Bertz CT molecular complexity index is 644. The van der Waals surface area contributed by atoms with E-state index in [-0.39, 0.29) is 5.92 Å². The van der Waals surface area contributed by atoms with Gasteiger partial charge in [-0.2, -0.15) is 4.72 Å². The van der Waals surface area contributed by atoms with Crippen LogP contribution < -0.4 is 10.5 Å². The van der Waals surface area contributed by atoms with Gasteiger partial charge < -0.3 is 5.73 Å². The van der Waals surface area contributed by atoms with Crippen molar-refractivity contribution >= 4 is 21.6 Å². The third-order valence-corrected chi connectivity index (χ3v) is 4.64. The smallest absolute Gasteiger partial charge is 0.289 e. The van der Waals surface area contributed by atoms with Crippen LogP contribution in [0.3, 0.4) is 0 Å². The van der Waals surface area contributed by atoms with Crippen molar-refractivity contribution in [2.45, 2.75) is 31.2 Å². The van der Waals surface area contributed by atoms with Crippen molar-refractivity contribution < 1.29 is 18.1 Å². The van der Waals surface area contributed by atoms with Gasteiger partial charge in [-0.1, -0.05) is 32.4 Å². The third kappa shape index (κ3) is 3.99. The van der Waals surface area contributed by atoms with E-state index in [1.807, 2.05) is 0 Å². The Kier molecular flexibility index (Phi) is 5.39. The number of hydrogen-bond donors (Lipinski definition) is 2. The summed E-state index contributed by atoms with van der Waals surface area (Å²) in [6.07, 6.45) is 0.521. The van der Waals surface area contributed by atoms with E-state index < -0.39 is 37.5 Å². The van der Waals surface area contributed by atoms with Gasteiger partial charge in [0.1, 0.15) is 6.04 Å². The van der Waals surface area contributed by atoms with Crippen LogP contribution in [-0.2, 0) is 14.8 Å². The second-order valence-corrected chi connectivity index (χ2v) is 6.29. The topological polar surface area (TPSA) is 132 Å². The molecule has 0 saturated carbocycles. The van der Waals surface area contributed by atoms with E-state index in [4.69, 9.17) is 5.73 Å². The van der Waals surface area contributed by atoms with E-state index in [2.05, 4.69) is 4.72 Å². The summed E-state index contributed by atoms with van der Waals surface area (Å²) in [6.45, 7) is 3.44. The lowest BCUT2D eigenvalue weighted by atomic mass is 10.00. The first-order valence-corrected chi connectivity index (χ1v) is 7.74. The Morgan fingerprint density at radius 1 is 1.43 bits per heavy atom. The van der Waals surface area contributed by atoms with Gasteiger partial charge in [0.15, 0.2) is 4.90 Å². The van der Waals surface area contributed by atoms with Gasteiger partial charge in [0.2, 0.25) is 15.9 Å². The Morgan fingerprint density at radius 3 is 2.48 bits per heavy atom. The van der Waals surface area contributed by atoms with Crippen molar-refractivity contribution in [1.82, 2.24) is 4.72 Å². The van der Waals surface area contributed by atoms with Crippen molar-refractivity contribution in [3.05, 3.63) is 34.4 Å². The van der Waals surface area contributed by atoms with E-state index >= 15 is 0 Å². The van der Waals surface area contributed by atoms with Crippen molar-refractivity contribution in [3.63, 3.8) is 0 Å². The summed E-state index contributed by atoms with van der Waals surface area (Å²) < 4.78 is 26.7. The fourth-order valence-corrected chi connectivity index (χ4v) is 3.24. The molecule has 9 heteroatoms. The highest BCUT2D eigenvalue weighted by atomic mass is 32.2. The molecule has 0 bridgehead atoms. The first-order chi connectivity index (χ1) is 9.70. The highest BCUT2D eigenvalue weighted by Crippen LogP contribution is 2.23. The zero-order chi connectivity index (χ0) is 16.2. The molecule has 3 N–H and O–H groups in total. The third-order valence-electron chi connectivity index (χ3n) is 3.15. The van der Waals surface area contributed by atoms with E-state index in [9.17, 15) is 23.3 Å². The number of amides is 1. The van der Waals surface area contributed by atoms with Crippen molar-refractivity contribution in [1.29, 1.82) is 0 Å². The lowest BCUT2D eigenvalue weighted by Crippen LogP contribution is -2.48. The molecule has 1 rings (SSSR count). The molecule has 2 atom stereocenters. The molecule has 0 heterocycles. The predicted molar refractivity (Wildman–Crippen MR) is 75.9 cm³/mol. The molecule has 0 radical (unpaired) electrons. The van der Waals surface area contributed by atoms with Gasteiger partial charge in [-0.25, -0.2) is 8.42 Å². The molecule has 0 aromatic heterocycles. The average Bonchev–Trinajstić information content (AvgIpc) is 2.43. The molecule has 8 nitrogen and oxygen atoms in total. The molecule has 21 heavy (non-hydrogen) atoms. The first-order valence-electron chi connectivity index (χ1n) is 6.25. The van der Waals surface area contributed by atoms with E-state index in [0.717, 1.165) is 12.1 Å². The van der Waals surface area contributed by atoms with Crippen LogP contribution in [0.4, 0.5) is 5.69 Å². The van der Waals surface area contributed by atoms with Crippen LogP contribution in [0.2, 0.25) is 0 Å². The Balaban J connectivity index is 3.23. The number of nitrogens with one attached hydrogen (secondary N) is 1. The predicted octanol–water partition coefficient (Wildman–Crippen LogP) is 0.773. The lowest BCUT2D eigenvalue weighted by molar-refractivity contribution is -0.387. The Labute approximate surface area is 122 Å². The Hall–Kier alpha value is -2.00. The SMILES string of the molecule is CCC(C)C(NS(=O)(=O)c1ccccc1[N+](=O)[O-])C(N)=O. The molecule has 1 aromatic rings. The van der Waals surface area contributed by atoms with Crippen LogP contribution in [0, 0.1) is 16.0 Å². The number of carbonyl (C=O) groups excluding carboxylic acids is 1. The zero-order valence-corrected chi connectivity index (χ0v) is 12.5. The molecule has 116 valence electrons. The van der Waals surface area contributed by atoms with Gasteiger partial charge in [-0.15, -0.1) is 0 Å².